The first kappa shape index (κ1) is 14.6. The van der Waals surface area contributed by atoms with Crippen LogP contribution in [0.5, 0.6) is 0 Å². The molecule has 3 heteroatoms. The van der Waals surface area contributed by atoms with Gasteiger partial charge >= 0.3 is 0 Å². The second-order valence-electron chi connectivity index (χ2n) is 2.60. The van der Waals surface area contributed by atoms with Gasteiger partial charge in [0, 0.05) is 44.5 Å². The molecule has 0 saturated heterocycles. The molecule has 2 nitrogen and oxygen atoms in total. The summed E-state index contributed by atoms with van der Waals surface area (Å²) in [6, 6.07) is 0.278. The SMILES string of the molecule is [CH-]=C(C=[C-]C(C)=O)NC(C)C.[Y]. The van der Waals surface area contributed by atoms with Crippen molar-refractivity contribution in [2.45, 2.75) is 26.8 Å². The molecule has 0 amide bonds. The monoisotopic (exact) mass is 240 g/mol. The van der Waals surface area contributed by atoms with Crippen molar-refractivity contribution in [2.24, 2.45) is 0 Å². The maximum absolute atomic E-state index is 10.4. The van der Waals surface area contributed by atoms with Gasteiger partial charge in [0.2, 0.25) is 0 Å². The molecule has 12 heavy (non-hydrogen) atoms. The van der Waals surface area contributed by atoms with Gasteiger partial charge in [-0.3, -0.25) is 5.70 Å². The van der Waals surface area contributed by atoms with Crippen LogP contribution in [0.15, 0.2) is 11.8 Å². The number of carbonyl (C=O) groups is 1. The van der Waals surface area contributed by atoms with E-state index in [1.807, 2.05) is 13.8 Å². The van der Waals surface area contributed by atoms with Crippen molar-refractivity contribution in [3.8, 4) is 0 Å². The molecule has 0 aromatic carbocycles. The number of hydrogen-bond donors (Lipinski definition) is 1. The molecule has 0 atom stereocenters. The molecule has 0 aliphatic carbocycles. The summed E-state index contributed by atoms with van der Waals surface area (Å²) in [6.07, 6.45) is 3.91. The van der Waals surface area contributed by atoms with Crippen molar-refractivity contribution in [1.82, 2.24) is 5.32 Å². The fourth-order valence-corrected chi connectivity index (χ4v) is 0.554. The molecule has 0 heterocycles. The van der Waals surface area contributed by atoms with Crippen LogP contribution in [0.1, 0.15) is 20.8 Å². The summed E-state index contributed by atoms with van der Waals surface area (Å²) in [6.45, 7) is 10.8. The molecule has 0 spiro atoms. The first-order chi connectivity index (χ1) is 5.02. The van der Waals surface area contributed by atoms with Crippen LogP contribution in [-0.4, -0.2) is 11.8 Å². The minimum Gasteiger partial charge on any atom is -0.495 e. The van der Waals surface area contributed by atoms with Crippen LogP contribution in [-0.2, 0) is 37.5 Å². The standard InChI is InChI=1S/C9H13NO.Y/c1-7(2)10-8(3)5-6-9(4)11;/h3,5,7,10H,1-2,4H3;/q-2;. The van der Waals surface area contributed by atoms with E-state index >= 15 is 0 Å². The Balaban J connectivity index is 0. The fourth-order valence-electron chi connectivity index (χ4n) is 0.554. The van der Waals surface area contributed by atoms with Gasteiger partial charge in [0.1, 0.15) is 0 Å². The number of hydrogen-bond acceptors (Lipinski definition) is 2. The summed E-state index contributed by atoms with van der Waals surface area (Å²) < 4.78 is 0. The van der Waals surface area contributed by atoms with Gasteiger partial charge < -0.3 is 28.8 Å². The van der Waals surface area contributed by atoms with E-state index in [9.17, 15) is 4.79 Å². The third-order valence-corrected chi connectivity index (χ3v) is 0.886. The van der Waals surface area contributed by atoms with Crippen molar-refractivity contribution in [3.05, 3.63) is 24.4 Å². The summed E-state index contributed by atoms with van der Waals surface area (Å²) in [5, 5.41) is 2.92. The molecule has 0 aliphatic heterocycles. The largest absolute Gasteiger partial charge is 0.495 e. The number of rotatable bonds is 4. The van der Waals surface area contributed by atoms with Gasteiger partial charge in [-0.05, 0) is 20.8 Å². The number of allylic oxidation sites excluding steroid dienone is 2. The summed E-state index contributed by atoms with van der Waals surface area (Å²) in [4.78, 5) is 10.4. The van der Waals surface area contributed by atoms with Crippen LogP contribution >= 0.6 is 0 Å². The van der Waals surface area contributed by atoms with Gasteiger partial charge in [-0.2, -0.15) is 0 Å². The molecule has 65 valence electrons. The van der Waals surface area contributed by atoms with Gasteiger partial charge in [0.15, 0.2) is 0 Å². The smallest absolute Gasteiger partial charge is 0.0459 e. The van der Waals surface area contributed by atoms with E-state index in [1.54, 1.807) is 0 Å². The molecule has 0 saturated carbocycles. The second-order valence-corrected chi connectivity index (χ2v) is 2.60. The van der Waals surface area contributed by atoms with Gasteiger partial charge in [0.25, 0.3) is 0 Å². The van der Waals surface area contributed by atoms with E-state index in [0.717, 1.165) is 0 Å². The van der Waals surface area contributed by atoms with Crippen LogP contribution in [0.25, 0.3) is 0 Å². The minimum atomic E-state index is -0.126. The third kappa shape index (κ3) is 10.1. The quantitative estimate of drug-likeness (QED) is 0.455. The van der Waals surface area contributed by atoms with Crippen LogP contribution in [0.4, 0.5) is 0 Å². The van der Waals surface area contributed by atoms with Gasteiger partial charge in [-0.15, -0.1) is 0 Å². The molecule has 0 rings (SSSR count). The van der Waals surface area contributed by atoms with E-state index in [4.69, 9.17) is 6.58 Å². The Morgan fingerprint density at radius 3 is 2.42 bits per heavy atom. The molecular weight excluding hydrogens is 227 g/mol. The summed E-state index contributed by atoms with van der Waals surface area (Å²) >= 11 is 0. The molecule has 1 radical (unpaired) electrons. The van der Waals surface area contributed by atoms with Gasteiger partial charge in [0.05, 0.1) is 0 Å². The van der Waals surface area contributed by atoms with Crippen molar-refractivity contribution < 1.29 is 37.5 Å². The molecule has 0 aromatic heterocycles. The Hall–Kier alpha value is 0.0539. The number of ketones is 1. The average molecular weight is 240 g/mol. The maximum Gasteiger partial charge on any atom is 0.0459 e. The summed E-state index contributed by atoms with van der Waals surface area (Å²) in [5.41, 5.74) is 0.468. The first-order valence-corrected chi connectivity index (χ1v) is 3.51. The predicted octanol–water partition coefficient (Wildman–Crippen LogP) is 1.25. The van der Waals surface area contributed by atoms with E-state index in [-0.39, 0.29) is 44.5 Å². The van der Waals surface area contributed by atoms with Crippen molar-refractivity contribution >= 4 is 5.78 Å². The molecular formula is C9H13NOY-2. The average Bonchev–Trinajstić information content (AvgIpc) is 1.82. The third-order valence-electron chi connectivity index (χ3n) is 0.886. The molecule has 1 N–H and O–H groups in total. The van der Waals surface area contributed by atoms with E-state index in [2.05, 4.69) is 11.4 Å². The normalized spacial score (nSPS) is 9.67. The zero-order valence-corrected chi connectivity index (χ0v) is 10.6. The Morgan fingerprint density at radius 2 is 2.08 bits per heavy atom. The summed E-state index contributed by atoms with van der Waals surface area (Å²) in [5.74, 6) is -0.126. The number of nitrogens with one attached hydrogen (secondary N) is 1. The van der Waals surface area contributed by atoms with Gasteiger partial charge in [-0.1, -0.05) is 0 Å². The van der Waals surface area contributed by atoms with E-state index < -0.39 is 0 Å². The zero-order chi connectivity index (χ0) is 8.85. The molecule has 0 fully saturated rings. The van der Waals surface area contributed by atoms with Crippen molar-refractivity contribution in [3.63, 3.8) is 0 Å². The maximum atomic E-state index is 10.4. The molecule has 0 unspecified atom stereocenters. The first-order valence-electron chi connectivity index (χ1n) is 3.51. The van der Waals surface area contributed by atoms with Crippen LogP contribution in [0.3, 0.4) is 0 Å². The zero-order valence-electron chi connectivity index (χ0n) is 7.72. The van der Waals surface area contributed by atoms with Crippen molar-refractivity contribution in [1.29, 1.82) is 0 Å². The fraction of sp³-hybridized carbons (Fsp3) is 0.444. The molecule has 0 aromatic rings. The van der Waals surface area contributed by atoms with Crippen LogP contribution < -0.4 is 5.32 Å². The number of carbonyl (C=O) groups excluding carboxylic acids is 1. The molecule has 0 aliphatic rings. The van der Waals surface area contributed by atoms with Crippen molar-refractivity contribution in [2.75, 3.05) is 0 Å². The van der Waals surface area contributed by atoms with E-state index in [1.165, 1.54) is 13.0 Å². The van der Waals surface area contributed by atoms with E-state index in [0.29, 0.717) is 5.70 Å². The van der Waals surface area contributed by atoms with Crippen LogP contribution in [0.2, 0.25) is 0 Å². The predicted molar refractivity (Wildman–Crippen MR) is 44.6 cm³/mol. The van der Waals surface area contributed by atoms with Gasteiger partial charge in [-0.25, -0.2) is 0 Å². The summed E-state index contributed by atoms with van der Waals surface area (Å²) in [7, 11) is 0. The molecule has 0 bridgehead atoms. The topological polar surface area (TPSA) is 29.1 Å². The Bertz CT molecular complexity index is 185. The van der Waals surface area contributed by atoms with Crippen LogP contribution in [0, 0.1) is 12.7 Å². The minimum absolute atomic E-state index is 0. The number of Topliss-reactive ketones (excluding diaryl/α,β-unsaturated/α-hetero) is 1. The second kappa shape index (κ2) is 7.69. The Morgan fingerprint density at radius 1 is 1.58 bits per heavy atom. The Kier molecular flexibility index (Phi) is 9.34. The Labute approximate surface area is 99.4 Å².